The second-order valence-electron chi connectivity index (χ2n) is 4.78. The molecule has 21 heavy (non-hydrogen) atoms. The van der Waals surface area contributed by atoms with Crippen LogP contribution in [0.1, 0.15) is 5.56 Å². The molecule has 0 aliphatic heterocycles. The first-order chi connectivity index (χ1) is 10.2. The molecular weight excluding hydrogens is 271 g/mol. The van der Waals surface area contributed by atoms with Gasteiger partial charge in [-0.2, -0.15) is 0 Å². The third-order valence-electron chi connectivity index (χ3n) is 3.06. The first-order valence-corrected chi connectivity index (χ1v) is 7.02. The Morgan fingerprint density at radius 3 is 2.57 bits per heavy atom. The lowest BCUT2D eigenvalue weighted by molar-refractivity contribution is 0.162. The highest BCUT2D eigenvalue weighted by molar-refractivity contribution is 5.79. The molecule has 0 unspecified atom stereocenters. The second-order valence-corrected chi connectivity index (χ2v) is 4.78. The molecule has 1 rings (SSSR count). The first kappa shape index (κ1) is 17.4. The molecule has 0 bridgehead atoms. The van der Waals surface area contributed by atoms with Crippen LogP contribution >= 0.6 is 0 Å². The van der Waals surface area contributed by atoms with Gasteiger partial charge in [-0.3, -0.25) is 4.99 Å². The lowest BCUT2D eigenvalue weighted by atomic mass is 10.2. The molecule has 0 spiro atoms. The van der Waals surface area contributed by atoms with Gasteiger partial charge in [0.1, 0.15) is 5.82 Å². The third-order valence-corrected chi connectivity index (χ3v) is 3.06. The highest BCUT2D eigenvalue weighted by atomic mass is 19.1. The van der Waals surface area contributed by atoms with Crippen molar-refractivity contribution in [3.8, 4) is 0 Å². The molecule has 0 saturated heterocycles. The molecule has 0 amide bonds. The van der Waals surface area contributed by atoms with E-state index in [0.717, 1.165) is 37.8 Å². The lowest BCUT2D eigenvalue weighted by Gasteiger charge is -2.17. The smallest absolute Gasteiger partial charge is 0.191 e. The number of likely N-dealkylation sites (N-methyl/N-ethyl adjacent to an activating group) is 1. The molecule has 0 fully saturated rings. The zero-order valence-corrected chi connectivity index (χ0v) is 13.0. The van der Waals surface area contributed by atoms with Gasteiger partial charge in [-0.15, -0.1) is 0 Å². The van der Waals surface area contributed by atoms with Crippen molar-refractivity contribution < 1.29 is 9.13 Å². The Morgan fingerprint density at radius 1 is 1.24 bits per heavy atom. The van der Waals surface area contributed by atoms with Crippen LogP contribution in [0.2, 0.25) is 0 Å². The number of aliphatic imine (C=N–C) groups is 1. The fourth-order valence-corrected chi connectivity index (χ4v) is 1.73. The van der Waals surface area contributed by atoms with Crippen LogP contribution < -0.4 is 10.6 Å². The SMILES string of the molecule is CN=C(NCCN(C)CCOC)NCc1ccc(F)cc1. The fourth-order valence-electron chi connectivity index (χ4n) is 1.73. The van der Waals surface area contributed by atoms with Crippen molar-refractivity contribution in [1.29, 1.82) is 0 Å². The minimum Gasteiger partial charge on any atom is -0.383 e. The van der Waals surface area contributed by atoms with Crippen LogP contribution in [-0.4, -0.2) is 58.3 Å². The standard InChI is InChI=1S/C15H25FN4O/c1-17-15(18-8-9-20(2)10-11-21-3)19-12-13-4-6-14(16)7-5-13/h4-7H,8-12H2,1-3H3,(H2,17,18,19). The number of ether oxygens (including phenoxy) is 1. The van der Waals surface area contributed by atoms with Gasteiger partial charge in [0.15, 0.2) is 5.96 Å². The molecule has 5 nitrogen and oxygen atoms in total. The molecular formula is C15H25FN4O. The molecule has 0 heterocycles. The molecule has 0 atom stereocenters. The van der Waals surface area contributed by atoms with Crippen molar-refractivity contribution >= 4 is 5.96 Å². The van der Waals surface area contributed by atoms with Crippen molar-refractivity contribution in [2.75, 3.05) is 47.4 Å². The zero-order valence-electron chi connectivity index (χ0n) is 13.0. The van der Waals surface area contributed by atoms with E-state index in [1.54, 1.807) is 26.3 Å². The minimum atomic E-state index is -0.222. The van der Waals surface area contributed by atoms with Crippen molar-refractivity contribution in [3.63, 3.8) is 0 Å². The van der Waals surface area contributed by atoms with Gasteiger partial charge in [0, 0.05) is 40.3 Å². The van der Waals surface area contributed by atoms with E-state index in [4.69, 9.17) is 4.74 Å². The third kappa shape index (κ3) is 7.63. The lowest BCUT2D eigenvalue weighted by Crippen LogP contribution is -2.41. The molecule has 0 aliphatic rings. The number of rotatable bonds is 8. The molecule has 0 radical (unpaired) electrons. The summed E-state index contributed by atoms with van der Waals surface area (Å²) >= 11 is 0. The predicted molar refractivity (Wildman–Crippen MR) is 84.0 cm³/mol. The summed E-state index contributed by atoms with van der Waals surface area (Å²) in [5, 5.41) is 6.44. The Morgan fingerprint density at radius 2 is 1.95 bits per heavy atom. The van der Waals surface area contributed by atoms with E-state index in [2.05, 4.69) is 27.6 Å². The summed E-state index contributed by atoms with van der Waals surface area (Å²) < 4.78 is 17.8. The highest BCUT2D eigenvalue weighted by Gasteiger charge is 2.01. The van der Waals surface area contributed by atoms with Crippen LogP contribution in [0, 0.1) is 5.82 Å². The van der Waals surface area contributed by atoms with Gasteiger partial charge in [0.05, 0.1) is 6.61 Å². The number of nitrogens with one attached hydrogen (secondary N) is 2. The number of benzene rings is 1. The average Bonchev–Trinajstić information content (AvgIpc) is 2.50. The van der Waals surface area contributed by atoms with Gasteiger partial charge < -0.3 is 20.3 Å². The molecule has 6 heteroatoms. The molecule has 1 aromatic carbocycles. The van der Waals surface area contributed by atoms with Crippen LogP contribution in [0.25, 0.3) is 0 Å². The van der Waals surface area contributed by atoms with E-state index >= 15 is 0 Å². The Labute approximate surface area is 126 Å². The summed E-state index contributed by atoms with van der Waals surface area (Å²) in [6.07, 6.45) is 0. The Balaban J connectivity index is 2.24. The van der Waals surface area contributed by atoms with Crippen LogP contribution in [-0.2, 0) is 11.3 Å². The number of hydrogen-bond acceptors (Lipinski definition) is 3. The topological polar surface area (TPSA) is 48.9 Å². The van der Waals surface area contributed by atoms with Gasteiger partial charge in [-0.1, -0.05) is 12.1 Å². The van der Waals surface area contributed by atoms with Crippen molar-refractivity contribution in [1.82, 2.24) is 15.5 Å². The summed E-state index contributed by atoms with van der Waals surface area (Å²) in [5.41, 5.74) is 1.01. The molecule has 0 aromatic heterocycles. The minimum absolute atomic E-state index is 0.222. The fraction of sp³-hybridized carbons (Fsp3) is 0.533. The highest BCUT2D eigenvalue weighted by Crippen LogP contribution is 2.01. The van der Waals surface area contributed by atoms with E-state index in [9.17, 15) is 4.39 Å². The van der Waals surface area contributed by atoms with Gasteiger partial charge in [-0.25, -0.2) is 4.39 Å². The summed E-state index contributed by atoms with van der Waals surface area (Å²) in [4.78, 5) is 6.34. The maximum atomic E-state index is 12.8. The average molecular weight is 296 g/mol. The molecule has 0 aliphatic carbocycles. The van der Waals surface area contributed by atoms with Crippen molar-refractivity contribution in [3.05, 3.63) is 35.6 Å². The van der Waals surface area contributed by atoms with E-state index in [1.165, 1.54) is 12.1 Å². The molecule has 0 saturated carbocycles. The van der Waals surface area contributed by atoms with Gasteiger partial charge >= 0.3 is 0 Å². The number of methoxy groups -OCH3 is 1. The largest absolute Gasteiger partial charge is 0.383 e. The van der Waals surface area contributed by atoms with Gasteiger partial charge in [0.25, 0.3) is 0 Å². The predicted octanol–water partition coefficient (Wildman–Crippen LogP) is 1.07. The number of guanidine groups is 1. The maximum absolute atomic E-state index is 12.8. The Hall–Kier alpha value is -1.66. The van der Waals surface area contributed by atoms with Gasteiger partial charge in [-0.05, 0) is 24.7 Å². The number of nitrogens with zero attached hydrogens (tertiary/aromatic N) is 2. The van der Waals surface area contributed by atoms with E-state index in [1.807, 2.05) is 0 Å². The summed E-state index contributed by atoms with van der Waals surface area (Å²) in [7, 11) is 5.48. The summed E-state index contributed by atoms with van der Waals surface area (Å²) in [6, 6.07) is 6.43. The molecule has 2 N–H and O–H groups in total. The summed E-state index contributed by atoms with van der Waals surface area (Å²) in [6.45, 7) is 3.94. The Kier molecular flexibility index (Phi) is 8.38. The van der Waals surface area contributed by atoms with Crippen LogP contribution in [0.4, 0.5) is 4.39 Å². The molecule has 1 aromatic rings. The first-order valence-electron chi connectivity index (χ1n) is 7.02. The van der Waals surface area contributed by atoms with Crippen LogP contribution in [0.5, 0.6) is 0 Å². The second kappa shape index (κ2) is 10.1. The van der Waals surface area contributed by atoms with Gasteiger partial charge in [0.2, 0.25) is 0 Å². The van der Waals surface area contributed by atoms with Crippen LogP contribution in [0.3, 0.4) is 0 Å². The number of hydrogen-bond donors (Lipinski definition) is 2. The zero-order chi connectivity index (χ0) is 15.5. The maximum Gasteiger partial charge on any atom is 0.191 e. The van der Waals surface area contributed by atoms with E-state index < -0.39 is 0 Å². The van der Waals surface area contributed by atoms with Crippen molar-refractivity contribution in [2.24, 2.45) is 4.99 Å². The monoisotopic (exact) mass is 296 g/mol. The normalized spacial score (nSPS) is 11.8. The summed E-state index contributed by atoms with van der Waals surface area (Å²) in [5.74, 6) is 0.514. The Bertz CT molecular complexity index is 422. The van der Waals surface area contributed by atoms with Crippen LogP contribution in [0.15, 0.2) is 29.3 Å². The van der Waals surface area contributed by atoms with E-state index in [0.29, 0.717) is 6.54 Å². The van der Waals surface area contributed by atoms with Crippen molar-refractivity contribution in [2.45, 2.75) is 6.54 Å². The quantitative estimate of drug-likeness (QED) is 0.556. The molecule has 118 valence electrons. The van der Waals surface area contributed by atoms with E-state index in [-0.39, 0.29) is 5.82 Å². The number of halogens is 1.